The molecule has 0 spiro atoms. The van der Waals surface area contributed by atoms with Crippen LogP contribution in [0.5, 0.6) is 0 Å². The maximum absolute atomic E-state index is 13.5. The van der Waals surface area contributed by atoms with Crippen molar-refractivity contribution in [2.24, 2.45) is 0 Å². The quantitative estimate of drug-likeness (QED) is 0.322. The maximum atomic E-state index is 13.5. The second kappa shape index (κ2) is 12.6. The highest BCUT2D eigenvalue weighted by Gasteiger charge is 2.29. The van der Waals surface area contributed by atoms with Crippen LogP contribution < -0.4 is 20.7 Å². The van der Waals surface area contributed by atoms with Crippen molar-refractivity contribution in [1.82, 2.24) is 20.3 Å². The molecule has 0 radical (unpaired) electrons. The Morgan fingerprint density at radius 1 is 1.08 bits per heavy atom. The number of hydrogen-bond donors (Lipinski definition) is 4. The molecule has 39 heavy (non-hydrogen) atoms. The number of benzene rings is 1. The Bertz CT molecular complexity index is 1260. The van der Waals surface area contributed by atoms with Gasteiger partial charge in [0.25, 0.3) is 0 Å². The Labute approximate surface area is 235 Å². The summed E-state index contributed by atoms with van der Waals surface area (Å²) in [6, 6.07) is 4.48. The molecule has 1 saturated carbocycles. The lowest BCUT2D eigenvalue weighted by atomic mass is 9.86. The zero-order valence-corrected chi connectivity index (χ0v) is 25.4. The van der Waals surface area contributed by atoms with E-state index in [1.807, 2.05) is 27.7 Å². The van der Waals surface area contributed by atoms with E-state index >= 15 is 0 Å². The summed E-state index contributed by atoms with van der Waals surface area (Å²) in [5.74, 6) is 0.233. The van der Waals surface area contributed by atoms with Crippen molar-refractivity contribution in [2.75, 3.05) is 5.32 Å². The molecule has 1 heterocycles. The van der Waals surface area contributed by atoms with E-state index in [-0.39, 0.29) is 35.1 Å². The van der Waals surface area contributed by atoms with Gasteiger partial charge in [-0.3, -0.25) is 0 Å². The number of sulfonamides is 1. The summed E-state index contributed by atoms with van der Waals surface area (Å²) in [6.07, 6.45) is 4.54. The number of thiazole rings is 1. The standard InChI is InChI=1S/C27H41N5O5S2/c1-16(2)29-25(33)30-20-12-13-21(23(14-20)39(35,36)32-27(5,6)7)22-15-28-24(38-22)18-8-10-19(11-9-18)31-26(34)37-17(3)4/h12-19,32H,8-11H2,1-7H3,(H,31,34)(H2,29,30,33)/t18-,19-. The first-order valence-corrected chi connectivity index (χ1v) is 15.6. The summed E-state index contributed by atoms with van der Waals surface area (Å²) in [4.78, 5) is 29.7. The molecule has 0 atom stereocenters. The number of urea groups is 1. The van der Waals surface area contributed by atoms with Crippen molar-refractivity contribution in [3.05, 3.63) is 29.4 Å². The van der Waals surface area contributed by atoms with Gasteiger partial charge in [-0.25, -0.2) is 27.7 Å². The van der Waals surface area contributed by atoms with Gasteiger partial charge in [0.15, 0.2) is 0 Å². The minimum atomic E-state index is -3.92. The lowest BCUT2D eigenvalue weighted by Gasteiger charge is -2.28. The number of ether oxygens (including phenoxy) is 1. The van der Waals surface area contributed by atoms with Crippen LogP contribution in [-0.2, 0) is 14.8 Å². The van der Waals surface area contributed by atoms with Gasteiger partial charge in [0.05, 0.1) is 20.9 Å². The van der Waals surface area contributed by atoms with Crippen LogP contribution in [-0.4, -0.2) is 49.3 Å². The molecule has 0 saturated heterocycles. The van der Waals surface area contributed by atoms with Gasteiger partial charge >= 0.3 is 12.1 Å². The van der Waals surface area contributed by atoms with Crippen LogP contribution in [0.3, 0.4) is 0 Å². The van der Waals surface area contributed by atoms with E-state index in [4.69, 9.17) is 4.74 Å². The van der Waals surface area contributed by atoms with Crippen molar-refractivity contribution < 1.29 is 22.7 Å². The summed E-state index contributed by atoms with van der Waals surface area (Å²) in [5.41, 5.74) is 0.205. The lowest BCUT2D eigenvalue weighted by molar-refractivity contribution is 0.109. The molecule has 2 aromatic rings. The number of rotatable bonds is 8. The third-order valence-electron chi connectivity index (χ3n) is 5.92. The van der Waals surface area contributed by atoms with Crippen LogP contribution >= 0.6 is 11.3 Å². The Morgan fingerprint density at radius 3 is 2.33 bits per heavy atom. The van der Waals surface area contributed by atoms with Gasteiger partial charge in [-0.1, -0.05) is 6.07 Å². The normalized spacial score (nSPS) is 18.2. The number of carbonyl (C=O) groups excluding carboxylic acids is 2. The molecule has 1 fully saturated rings. The second-order valence-corrected chi connectivity index (χ2v) is 14.2. The first kappa shape index (κ1) is 30.8. The number of anilines is 1. The Balaban J connectivity index is 1.82. The average molecular weight is 580 g/mol. The number of hydrogen-bond acceptors (Lipinski definition) is 7. The Kier molecular flexibility index (Phi) is 10.0. The van der Waals surface area contributed by atoms with E-state index < -0.39 is 21.6 Å². The maximum Gasteiger partial charge on any atom is 0.407 e. The van der Waals surface area contributed by atoms with Gasteiger partial charge in [-0.2, -0.15) is 0 Å². The largest absolute Gasteiger partial charge is 0.447 e. The summed E-state index contributed by atoms with van der Waals surface area (Å²) < 4.78 is 34.8. The highest BCUT2D eigenvalue weighted by molar-refractivity contribution is 7.89. The molecule has 0 bridgehead atoms. The summed E-state index contributed by atoms with van der Waals surface area (Å²) in [5, 5.41) is 9.34. The monoisotopic (exact) mass is 579 g/mol. The third-order valence-corrected chi connectivity index (χ3v) is 8.91. The lowest BCUT2D eigenvalue weighted by Crippen LogP contribution is -2.40. The Hall–Kier alpha value is -2.70. The predicted octanol–water partition coefficient (Wildman–Crippen LogP) is 5.58. The van der Waals surface area contributed by atoms with Crippen LogP contribution in [0.15, 0.2) is 29.3 Å². The summed E-state index contributed by atoms with van der Waals surface area (Å²) >= 11 is 1.48. The smallest absolute Gasteiger partial charge is 0.407 e. The fourth-order valence-corrected chi connectivity index (χ4v) is 7.27. The number of amides is 3. The topological polar surface area (TPSA) is 139 Å². The van der Waals surface area contributed by atoms with Crippen LogP contribution in [0.1, 0.15) is 85.1 Å². The van der Waals surface area contributed by atoms with E-state index in [2.05, 4.69) is 25.7 Å². The van der Waals surface area contributed by atoms with Crippen LogP contribution in [0.4, 0.5) is 15.3 Å². The van der Waals surface area contributed by atoms with Crippen molar-refractivity contribution in [3.63, 3.8) is 0 Å². The molecule has 1 aliphatic rings. The fraction of sp³-hybridized carbons (Fsp3) is 0.593. The van der Waals surface area contributed by atoms with Crippen molar-refractivity contribution >= 4 is 39.2 Å². The molecule has 216 valence electrons. The van der Waals surface area contributed by atoms with E-state index in [9.17, 15) is 18.0 Å². The van der Waals surface area contributed by atoms with E-state index in [1.165, 1.54) is 17.4 Å². The first-order valence-electron chi connectivity index (χ1n) is 13.3. The average Bonchev–Trinajstić information content (AvgIpc) is 3.27. The number of carbonyl (C=O) groups is 2. The predicted molar refractivity (Wildman–Crippen MR) is 155 cm³/mol. The van der Waals surface area contributed by atoms with Crippen molar-refractivity contribution in [3.8, 4) is 10.4 Å². The molecular weight excluding hydrogens is 538 g/mol. The molecule has 1 aromatic carbocycles. The van der Waals surface area contributed by atoms with E-state index in [1.54, 1.807) is 39.1 Å². The van der Waals surface area contributed by atoms with Gasteiger partial charge < -0.3 is 20.7 Å². The minimum absolute atomic E-state index is 0.0645. The summed E-state index contributed by atoms with van der Waals surface area (Å²) in [7, 11) is -3.92. The molecule has 3 amide bonds. The zero-order chi connectivity index (χ0) is 29.0. The molecule has 4 N–H and O–H groups in total. The van der Waals surface area contributed by atoms with E-state index in [0.717, 1.165) is 35.6 Å². The first-order chi connectivity index (χ1) is 18.1. The SMILES string of the molecule is CC(C)NC(=O)Nc1ccc(-c2cnc([C@H]3CC[C@H](NC(=O)OC(C)C)CC3)s2)c(S(=O)(=O)NC(C)(C)C)c1. The third kappa shape index (κ3) is 9.18. The van der Waals surface area contributed by atoms with Crippen molar-refractivity contribution in [2.45, 2.75) is 109 Å². The van der Waals surface area contributed by atoms with Gasteiger partial charge in [0.2, 0.25) is 10.0 Å². The molecular formula is C27H41N5O5S2. The molecule has 1 aliphatic carbocycles. The van der Waals surface area contributed by atoms with Gasteiger partial charge in [0, 0.05) is 41.0 Å². The number of nitrogens with one attached hydrogen (secondary N) is 4. The molecule has 10 nitrogen and oxygen atoms in total. The van der Waals surface area contributed by atoms with Crippen LogP contribution in [0, 0.1) is 0 Å². The molecule has 12 heteroatoms. The second-order valence-electron chi connectivity index (χ2n) is 11.5. The highest BCUT2D eigenvalue weighted by Crippen LogP contribution is 2.40. The zero-order valence-electron chi connectivity index (χ0n) is 23.8. The fourth-order valence-electron chi connectivity index (χ4n) is 4.41. The molecule has 1 aromatic heterocycles. The number of alkyl carbamates (subject to hydrolysis) is 1. The summed E-state index contributed by atoms with van der Waals surface area (Å²) in [6.45, 7) is 12.7. The highest BCUT2D eigenvalue weighted by atomic mass is 32.2. The number of nitrogens with zero attached hydrogens (tertiary/aromatic N) is 1. The molecule has 0 unspecified atom stereocenters. The van der Waals surface area contributed by atoms with Gasteiger partial charge in [0.1, 0.15) is 0 Å². The molecule has 3 rings (SSSR count). The van der Waals surface area contributed by atoms with Crippen LogP contribution in [0.25, 0.3) is 10.4 Å². The van der Waals surface area contributed by atoms with E-state index in [0.29, 0.717) is 11.3 Å². The minimum Gasteiger partial charge on any atom is -0.447 e. The van der Waals surface area contributed by atoms with Crippen molar-refractivity contribution in [1.29, 1.82) is 0 Å². The Morgan fingerprint density at radius 2 is 1.74 bits per heavy atom. The van der Waals surface area contributed by atoms with Gasteiger partial charge in [-0.15, -0.1) is 11.3 Å². The molecule has 0 aliphatic heterocycles. The van der Waals surface area contributed by atoms with Crippen LogP contribution in [0.2, 0.25) is 0 Å². The van der Waals surface area contributed by atoms with Gasteiger partial charge in [-0.05, 0) is 86.3 Å². The number of aromatic nitrogens is 1.